The maximum atomic E-state index is 13.2. The quantitative estimate of drug-likeness (QED) is 0.565. The van der Waals surface area contributed by atoms with Crippen LogP contribution in [0.3, 0.4) is 0 Å². The molecule has 0 saturated heterocycles. The van der Waals surface area contributed by atoms with Gasteiger partial charge in [-0.05, 0) is 42.8 Å². The van der Waals surface area contributed by atoms with E-state index >= 15 is 0 Å². The molecule has 0 bridgehead atoms. The number of nitro benzene ring substituents is 1. The molecule has 1 aliphatic rings. The van der Waals surface area contributed by atoms with Gasteiger partial charge in [0.15, 0.2) is 0 Å². The van der Waals surface area contributed by atoms with Crippen LogP contribution >= 0.6 is 22.9 Å². The van der Waals surface area contributed by atoms with Crippen LogP contribution < -0.4 is 0 Å². The molecule has 0 saturated carbocycles. The molecule has 1 aliphatic heterocycles. The van der Waals surface area contributed by atoms with Crippen LogP contribution in [0.5, 0.6) is 0 Å². The Morgan fingerprint density at radius 3 is 2.80 bits per heavy atom. The first kappa shape index (κ1) is 18.3. The van der Waals surface area contributed by atoms with Crippen molar-refractivity contribution in [3.63, 3.8) is 0 Å². The van der Waals surface area contributed by atoms with Gasteiger partial charge in [0.05, 0.1) is 20.9 Å². The third kappa shape index (κ3) is 3.08. The van der Waals surface area contributed by atoms with Crippen molar-refractivity contribution in [1.82, 2.24) is 4.31 Å². The topological polar surface area (TPSA) is 80.5 Å². The van der Waals surface area contributed by atoms with E-state index in [0.29, 0.717) is 19.4 Å². The average Bonchev–Trinajstić information content (AvgIpc) is 3.04. The number of nitro groups is 1. The second-order valence-electron chi connectivity index (χ2n) is 5.90. The smallest absolute Gasteiger partial charge is 0.258 e. The third-order valence-electron chi connectivity index (χ3n) is 4.53. The fourth-order valence-corrected chi connectivity index (χ4v) is 6.13. The summed E-state index contributed by atoms with van der Waals surface area (Å²) in [6.45, 7) is 3.79. The van der Waals surface area contributed by atoms with Gasteiger partial charge in [-0.15, -0.1) is 11.3 Å². The molecule has 1 aromatic heterocycles. The van der Waals surface area contributed by atoms with Gasteiger partial charge < -0.3 is 0 Å². The highest BCUT2D eigenvalue weighted by Crippen LogP contribution is 2.39. The Labute approximate surface area is 155 Å². The first-order chi connectivity index (χ1) is 11.8. The van der Waals surface area contributed by atoms with Gasteiger partial charge >= 0.3 is 0 Å². The summed E-state index contributed by atoms with van der Waals surface area (Å²) in [6.07, 6.45) is 1.27. The minimum atomic E-state index is -3.89. The highest BCUT2D eigenvalue weighted by Gasteiger charge is 2.37. The van der Waals surface area contributed by atoms with E-state index in [4.69, 9.17) is 11.6 Å². The van der Waals surface area contributed by atoms with E-state index < -0.39 is 14.9 Å². The molecule has 1 atom stereocenters. The van der Waals surface area contributed by atoms with Gasteiger partial charge in [0.1, 0.15) is 0 Å². The molecular weight excluding hydrogens is 384 g/mol. The van der Waals surface area contributed by atoms with Crippen LogP contribution in [0.4, 0.5) is 5.69 Å². The van der Waals surface area contributed by atoms with Crippen molar-refractivity contribution in [2.24, 2.45) is 0 Å². The predicted octanol–water partition coefficient (Wildman–Crippen LogP) is 4.32. The van der Waals surface area contributed by atoms with Crippen LogP contribution in [0.15, 0.2) is 28.5 Å². The summed E-state index contributed by atoms with van der Waals surface area (Å²) >= 11 is 7.69. The van der Waals surface area contributed by atoms with Gasteiger partial charge in [0, 0.05) is 23.1 Å². The number of hydrogen-bond acceptors (Lipinski definition) is 5. The van der Waals surface area contributed by atoms with Crippen molar-refractivity contribution in [3.05, 3.63) is 54.7 Å². The molecule has 2 aromatic rings. The van der Waals surface area contributed by atoms with E-state index in [9.17, 15) is 18.5 Å². The van der Waals surface area contributed by atoms with E-state index in [1.54, 1.807) is 11.3 Å². The maximum absolute atomic E-state index is 13.2. The zero-order valence-corrected chi connectivity index (χ0v) is 16.1. The summed E-state index contributed by atoms with van der Waals surface area (Å²) in [6, 6.07) is 4.10. The fourth-order valence-electron chi connectivity index (χ4n) is 3.20. The summed E-state index contributed by atoms with van der Waals surface area (Å²) < 4.78 is 27.8. The monoisotopic (exact) mass is 400 g/mol. The van der Waals surface area contributed by atoms with Gasteiger partial charge in [-0.3, -0.25) is 10.1 Å². The van der Waals surface area contributed by atoms with Crippen molar-refractivity contribution in [3.8, 4) is 0 Å². The lowest BCUT2D eigenvalue weighted by atomic mass is 10.0. The molecule has 0 amide bonds. The molecule has 134 valence electrons. The lowest BCUT2D eigenvalue weighted by Crippen LogP contribution is -2.39. The molecule has 3 rings (SSSR count). The number of thiophene rings is 1. The SMILES string of the molecule is CCC1c2ccsc2CCN1S(=O)(=O)c1cc(Cl)c(C)c([N+](=O)[O-])c1. The number of rotatable bonds is 4. The summed E-state index contributed by atoms with van der Waals surface area (Å²) in [7, 11) is -3.89. The zero-order chi connectivity index (χ0) is 18.4. The molecule has 0 fully saturated rings. The minimum absolute atomic E-state index is 0.0778. The predicted molar refractivity (Wildman–Crippen MR) is 97.8 cm³/mol. The number of hydrogen-bond donors (Lipinski definition) is 0. The van der Waals surface area contributed by atoms with Crippen LogP contribution in [0.25, 0.3) is 0 Å². The van der Waals surface area contributed by atoms with Crippen LogP contribution in [0, 0.1) is 17.0 Å². The Hall–Kier alpha value is -1.48. The molecule has 6 nitrogen and oxygen atoms in total. The lowest BCUT2D eigenvalue weighted by molar-refractivity contribution is -0.385. The molecular formula is C16H17ClN2O4S2. The molecule has 25 heavy (non-hydrogen) atoms. The van der Waals surface area contributed by atoms with Crippen molar-refractivity contribution in [1.29, 1.82) is 0 Å². The highest BCUT2D eigenvalue weighted by molar-refractivity contribution is 7.89. The van der Waals surface area contributed by atoms with Crippen LogP contribution in [0.1, 0.15) is 35.4 Å². The number of fused-ring (bicyclic) bond motifs is 1. The molecule has 2 heterocycles. The Morgan fingerprint density at radius 1 is 1.44 bits per heavy atom. The largest absolute Gasteiger partial charge is 0.275 e. The summed E-state index contributed by atoms with van der Waals surface area (Å²) in [4.78, 5) is 11.7. The molecule has 0 aliphatic carbocycles. The van der Waals surface area contributed by atoms with Crippen molar-refractivity contribution < 1.29 is 13.3 Å². The van der Waals surface area contributed by atoms with Gasteiger partial charge in [-0.1, -0.05) is 18.5 Å². The van der Waals surface area contributed by atoms with Crippen LogP contribution in [-0.4, -0.2) is 24.2 Å². The molecule has 1 aromatic carbocycles. The Morgan fingerprint density at radius 2 is 2.16 bits per heavy atom. The standard InChI is InChI=1S/C16H17ClN2O4S2/c1-3-14-12-5-7-24-16(12)4-6-18(14)25(22,23)11-8-13(17)10(2)15(9-11)19(20)21/h5,7-9,14H,3-4,6H2,1-2H3. The summed E-state index contributed by atoms with van der Waals surface area (Å²) in [5.74, 6) is 0. The van der Waals surface area contributed by atoms with E-state index in [-0.39, 0.29) is 27.2 Å². The van der Waals surface area contributed by atoms with Gasteiger partial charge in [0.25, 0.3) is 5.69 Å². The number of benzene rings is 1. The third-order valence-corrected chi connectivity index (χ3v) is 7.80. The van der Waals surface area contributed by atoms with E-state index in [1.807, 2.05) is 18.4 Å². The molecule has 1 unspecified atom stereocenters. The molecule has 0 radical (unpaired) electrons. The van der Waals surface area contributed by atoms with Gasteiger partial charge in [0.2, 0.25) is 10.0 Å². The van der Waals surface area contributed by atoms with Crippen LogP contribution in [-0.2, 0) is 16.4 Å². The zero-order valence-electron chi connectivity index (χ0n) is 13.7. The number of nitrogens with zero attached hydrogens (tertiary/aromatic N) is 2. The van der Waals surface area contributed by atoms with Crippen molar-refractivity contribution in [2.45, 2.75) is 37.6 Å². The normalized spacial score (nSPS) is 18.1. The summed E-state index contributed by atoms with van der Waals surface area (Å²) in [5, 5.41) is 13.3. The van der Waals surface area contributed by atoms with E-state index in [0.717, 1.165) is 11.6 Å². The number of halogens is 1. The maximum Gasteiger partial charge on any atom is 0.275 e. The fraction of sp³-hybridized carbons (Fsp3) is 0.375. The minimum Gasteiger partial charge on any atom is -0.258 e. The first-order valence-corrected chi connectivity index (χ1v) is 10.5. The van der Waals surface area contributed by atoms with Gasteiger partial charge in [-0.2, -0.15) is 4.31 Å². The average molecular weight is 401 g/mol. The molecule has 0 spiro atoms. The second kappa shape index (κ2) is 6.68. The van der Waals surface area contributed by atoms with Crippen molar-refractivity contribution in [2.75, 3.05) is 6.54 Å². The van der Waals surface area contributed by atoms with E-state index in [1.165, 1.54) is 22.2 Å². The molecule has 9 heteroatoms. The van der Waals surface area contributed by atoms with Gasteiger partial charge in [-0.25, -0.2) is 8.42 Å². The number of sulfonamides is 1. The second-order valence-corrected chi connectivity index (χ2v) is 9.19. The summed E-state index contributed by atoms with van der Waals surface area (Å²) in [5.41, 5.74) is 0.999. The van der Waals surface area contributed by atoms with Crippen molar-refractivity contribution >= 4 is 38.6 Å². The first-order valence-electron chi connectivity index (χ1n) is 7.80. The Bertz CT molecular complexity index is 940. The van der Waals surface area contributed by atoms with Crippen LogP contribution in [0.2, 0.25) is 5.02 Å². The lowest BCUT2D eigenvalue weighted by Gasteiger charge is -2.34. The molecule has 0 N–H and O–H groups in total. The Kier molecular flexibility index (Phi) is 4.89. The Balaban J connectivity index is 2.10. The highest BCUT2D eigenvalue weighted by atomic mass is 35.5. The van der Waals surface area contributed by atoms with E-state index in [2.05, 4.69) is 0 Å².